The summed E-state index contributed by atoms with van der Waals surface area (Å²) in [6.45, 7) is 0. The van der Waals surface area contributed by atoms with Gasteiger partial charge >= 0.3 is 6.18 Å². The van der Waals surface area contributed by atoms with Crippen LogP contribution in [0.3, 0.4) is 0 Å². The van der Waals surface area contributed by atoms with Crippen LogP contribution in [0.25, 0.3) is 0 Å². The van der Waals surface area contributed by atoms with E-state index in [1.54, 1.807) is 0 Å². The van der Waals surface area contributed by atoms with Crippen molar-refractivity contribution in [2.75, 3.05) is 11.1 Å². The second-order valence-electron chi connectivity index (χ2n) is 3.53. The molecule has 2 aromatic rings. The zero-order valence-electron chi connectivity index (χ0n) is 9.07. The van der Waals surface area contributed by atoms with Crippen molar-refractivity contribution in [2.45, 2.75) is 6.18 Å². The van der Waals surface area contributed by atoms with E-state index in [4.69, 9.17) is 5.73 Å². The molecular formula is C11H9F3N4. The van der Waals surface area contributed by atoms with E-state index in [2.05, 4.69) is 15.3 Å². The summed E-state index contributed by atoms with van der Waals surface area (Å²) in [5.41, 5.74) is 5.24. The normalized spacial score (nSPS) is 11.3. The number of rotatable bonds is 2. The second kappa shape index (κ2) is 4.52. The Kier molecular flexibility index (Phi) is 3.05. The third-order valence-corrected chi connectivity index (χ3v) is 2.17. The van der Waals surface area contributed by atoms with Crippen LogP contribution in [-0.2, 0) is 6.18 Å². The van der Waals surface area contributed by atoms with E-state index in [0.29, 0.717) is 11.5 Å². The molecular weight excluding hydrogens is 245 g/mol. The van der Waals surface area contributed by atoms with E-state index >= 15 is 0 Å². The molecule has 0 bridgehead atoms. The fraction of sp³-hybridized carbons (Fsp3) is 0.0909. The summed E-state index contributed by atoms with van der Waals surface area (Å²) in [5, 5.41) is 2.82. The van der Waals surface area contributed by atoms with Gasteiger partial charge in [0.2, 0.25) is 0 Å². The molecule has 0 saturated carbocycles. The molecule has 0 spiro atoms. The van der Waals surface area contributed by atoms with Gasteiger partial charge in [0.05, 0.1) is 5.56 Å². The maximum absolute atomic E-state index is 12.3. The van der Waals surface area contributed by atoms with E-state index in [1.165, 1.54) is 24.5 Å². The van der Waals surface area contributed by atoms with Crippen LogP contribution in [0.5, 0.6) is 0 Å². The van der Waals surface area contributed by atoms with Gasteiger partial charge in [-0.3, -0.25) is 0 Å². The van der Waals surface area contributed by atoms with Crippen molar-refractivity contribution in [1.29, 1.82) is 0 Å². The van der Waals surface area contributed by atoms with Crippen LogP contribution < -0.4 is 11.1 Å². The van der Waals surface area contributed by atoms with E-state index < -0.39 is 11.7 Å². The smallest absolute Gasteiger partial charge is 0.384 e. The molecule has 1 aromatic carbocycles. The van der Waals surface area contributed by atoms with Crippen LogP contribution in [0, 0.1) is 0 Å². The number of nitrogens with two attached hydrogens (primary N) is 1. The summed E-state index contributed by atoms with van der Waals surface area (Å²) in [6.07, 6.45) is -3.07. The summed E-state index contributed by atoms with van der Waals surface area (Å²) in [5.74, 6) is 0.696. The molecule has 0 atom stereocenters. The molecule has 0 fully saturated rings. The van der Waals surface area contributed by atoms with Crippen molar-refractivity contribution in [2.24, 2.45) is 0 Å². The van der Waals surface area contributed by atoms with E-state index in [9.17, 15) is 13.2 Å². The average molecular weight is 254 g/mol. The maximum atomic E-state index is 12.3. The molecule has 0 amide bonds. The van der Waals surface area contributed by atoms with Crippen molar-refractivity contribution in [3.63, 3.8) is 0 Å². The molecule has 7 heteroatoms. The number of benzene rings is 1. The number of hydrogen-bond acceptors (Lipinski definition) is 4. The lowest BCUT2D eigenvalue weighted by Gasteiger charge is -2.09. The summed E-state index contributed by atoms with van der Waals surface area (Å²) < 4.78 is 37.0. The molecule has 0 unspecified atom stereocenters. The average Bonchev–Trinajstić information content (AvgIpc) is 2.28. The predicted molar refractivity (Wildman–Crippen MR) is 61.2 cm³/mol. The number of nitrogens with one attached hydrogen (secondary N) is 1. The Balaban J connectivity index is 2.16. The Labute approximate surface area is 101 Å². The first-order chi connectivity index (χ1) is 8.45. The first-order valence-corrected chi connectivity index (χ1v) is 4.97. The molecule has 0 aliphatic heterocycles. The second-order valence-corrected chi connectivity index (χ2v) is 3.53. The lowest BCUT2D eigenvalue weighted by Crippen LogP contribution is -2.04. The highest BCUT2D eigenvalue weighted by atomic mass is 19.4. The zero-order chi connectivity index (χ0) is 13.2. The van der Waals surface area contributed by atoms with E-state index in [-0.39, 0.29) is 5.82 Å². The highest BCUT2D eigenvalue weighted by Gasteiger charge is 2.29. The van der Waals surface area contributed by atoms with Gasteiger partial charge in [0.15, 0.2) is 0 Å². The fourth-order valence-electron chi connectivity index (χ4n) is 1.33. The molecule has 18 heavy (non-hydrogen) atoms. The summed E-state index contributed by atoms with van der Waals surface area (Å²) >= 11 is 0. The van der Waals surface area contributed by atoms with Crippen LogP contribution in [-0.4, -0.2) is 9.97 Å². The zero-order valence-corrected chi connectivity index (χ0v) is 9.07. The minimum Gasteiger partial charge on any atom is -0.384 e. The minimum atomic E-state index is -4.34. The van der Waals surface area contributed by atoms with Gasteiger partial charge in [-0.1, -0.05) is 0 Å². The van der Waals surface area contributed by atoms with E-state index in [1.807, 2.05) is 0 Å². The number of alkyl halides is 3. The Bertz CT molecular complexity index is 537. The monoisotopic (exact) mass is 254 g/mol. The fourth-order valence-corrected chi connectivity index (χ4v) is 1.33. The maximum Gasteiger partial charge on any atom is 0.416 e. The number of anilines is 3. The third kappa shape index (κ3) is 2.88. The van der Waals surface area contributed by atoms with Crippen LogP contribution in [0.1, 0.15) is 5.56 Å². The molecule has 1 aromatic heterocycles. The lowest BCUT2D eigenvalue weighted by atomic mass is 10.2. The largest absolute Gasteiger partial charge is 0.416 e. The summed E-state index contributed by atoms with van der Waals surface area (Å²) in [4.78, 5) is 7.59. The number of hydrogen-bond donors (Lipinski definition) is 2. The number of nitrogens with zero attached hydrogens (tertiary/aromatic N) is 2. The van der Waals surface area contributed by atoms with Gasteiger partial charge in [-0.05, 0) is 24.3 Å². The Hall–Kier alpha value is -2.31. The number of halogens is 3. The number of aromatic nitrogens is 2. The minimum absolute atomic E-state index is 0.277. The summed E-state index contributed by atoms with van der Waals surface area (Å²) in [7, 11) is 0. The standard InChI is InChI=1S/C11H9F3N4/c12-11(13,14)7-1-3-8(4-2-7)18-10-5-9(15)16-6-17-10/h1-6H,(H3,15,16,17,18). The quantitative estimate of drug-likeness (QED) is 0.864. The van der Waals surface area contributed by atoms with Crippen molar-refractivity contribution in [3.8, 4) is 0 Å². The topological polar surface area (TPSA) is 63.8 Å². The van der Waals surface area contributed by atoms with Crippen molar-refractivity contribution in [1.82, 2.24) is 9.97 Å². The molecule has 2 rings (SSSR count). The predicted octanol–water partition coefficient (Wildman–Crippen LogP) is 2.82. The Morgan fingerprint density at radius 2 is 1.72 bits per heavy atom. The third-order valence-electron chi connectivity index (χ3n) is 2.17. The van der Waals surface area contributed by atoms with Gasteiger partial charge in [-0.15, -0.1) is 0 Å². The summed E-state index contributed by atoms with van der Waals surface area (Å²) in [6, 6.07) is 6.11. The van der Waals surface area contributed by atoms with Gasteiger partial charge in [-0.2, -0.15) is 13.2 Å². The first-order valence-electron chi connectivity index (χ1n) is 4.97. The van der Waals surface area contributed by atoms with Gasteiger partial charge in [0, 0.05) is 11.8 Å². The van der Waals surface area contributed by atoms with Gasteiger partial charge in [-0.25, -0.2) is 9.97 Å². The Morgan fingerprint density at radius 1 is 1.06 bits per heavy atom. The van der Waals surface area contributed by atoms with Crippen LogP contribution in [0.4, 0.5) is 30.5 Å². The highest BCUT2D eigenvalue weighted by Crippen LogP contribution is 2.30. The van der Waals surface area contributed by atoms with Crippen LogP contribution in [0.2, 0.25) is 0 Å². The number of nitrogen functional groups attached to an aromatic ring is 1. The van der Waals surface area contributed by atoms with E-state index in [0.717, 1.165) is 12.1 Å². The molecule has 0 aliphatic rings. The van der Waals surface area contributed by atoms with Crippen molar-refractivity contribution in [3.05, 3.63) is 42.2 Å². The molecule has 4 nitrogen and oxygen atoms in total. The van der Waals surface area contributed by atoms with Crippen LogP contribution in [0.15, 0.2) is 36.7 Å². The molecule has 0 aliphatic carbocycles. The molecule has 0 saturated heterocycles. The van der Waals surface area contributed by atoms with Crippen LogP contribution >= 0.6 is 0 Å². The Morgan fingerprint density at radius 3 is 2.28 bits per heavy atom. The van der Waals surface area contributed by atoms with Crippen molar-refractivity contribution < 1.29 is 13.2 Å². The highest BCUT2D eigenvalue weighted by molar-refractivity contribution is 5.58. The SMILES string of the molecule is Nc1cc(Nc2ccc(C(F)(F)F)cc2)ncn1. The van der Waals surface area contributed by atoms with Gasteiger partial charge < -0.3 is 11.1 Å². The molecule has 0 radical (unpaired) electrons. The molecule has 3 N–H and O–H groups in total. The van der Waals surface area contributed by atoms with Gasteiger partial charge in [0.25, 0.3) is 0 Å². The van der Waals surface area contributed by atoms with Crippen molar-refractivity contribution >= 4 is 17.3 Å². The van der Waals surface area contributed by atoms with Gasteiger partial charge in [0.1, 0.15) is 18.0 Å². The lowest BCUT2D eigenvalue weighted by molar-refractivity contribution is -0.137. The molecule has 94 valence electrons. The molecule has 1 heterocycles. The first kappa shape index (κ1) is 12.2.